The molecule has 0 spiro atoms. The van der Waals surface area contributed by atoms with E-state index >= 15 is 0 Å². The highest BCUT2D eigenvalue weighted by Crippen LogP contribution is 2.30. The van der Waals surface area contributed by atoms with Crippen molar-refractivity contribution >= 4 is 5.97 Å². The zero-order valence-corrected chi connectivity index (χ0v) is 11.8. The van der Waals surface area contributed by atoms with Crippen molar-refractivity contribution in [2.24, 2.45) is 5.41 Å². The van der Waals surface area contributed by atoms with Crippen LogP contribution in [0.3, 0.4) is 0 Å². The number of piperidine rings is 1. The molecule has 0 amide bonds. The Bertz CT molecular complexity index is 444. The lowest BCUT2D eigenvalue weighted by Gasteiger charge is -2.37. The summed E-state index contributed by atoms with van der Waals surface area (Å²) < 4.78 is 2.02. The van der Waals surface area contributed by atoms with Crippen molar-refractivity contribution in [1.82, 2.24) is 14.7 Å². The first-order valence-corrected chi connectivity index (χ1v) is 7.01. The molecule has 0 radical (unpaired) electrons. The second-order valence-electron chi connectivity index (χ2n) is 5.73. The van der Waals surface area contributed by atoms with Crippen LogP contribution in [0.2, 0.25) is 0 Å². The SMILES string of the molecule is CCCn1nccc1CN1CCCC(C)(C(=O)O)C1. The Morgan fingerprint density at radius 1 is 1.58 bits per heavy atom. The van der Waals surface area contributed by atoms with Crippen LogP contribution in [-0.4, -0.2) is 38.8 Å². The second-order valence-corrected chi connectivity index (χ2v) is 5.73. The van der Waals surface area contributed by atoms with Gasteiger partial charge in [-0.2, -0.15) is 5.10 Å². The summed E-state index contributed by atoms with van der Waals surface area (Å²) in [5.74, 6) is -0.681. The first kappa shape index (κ1) is 14.1. The molecule has 1 fully saturated rings. The fraction of sp³-hybridized carbons (Fsp3) is 0.714. The van der Waals surface area contributed by atoms with Crippen molar-refractivity contribution in [3.05, 3.63) is 18.0 Å². The second kappa shape index (κ2) is 5.74. The molecule has 1 atom stereocenters. The van der Waals surface area contributed by atoms with Crippen LogP contribution in [0.5, 0.6) is 0 Å². The zero-order valence-electron chi connectivity index (χ0n) is 11.8. The number of rotatable bonds is 5. The molecule has 1 unspecified atom stereocenters. The molecule has 106 valence electrons. The molecule has 5 heteroatoms. The van der Waals surface area contributed by atoms with E-state index in [1.165, 1.54) is 5.69 Å². The molecule has 1 aromatic heterocycles. The Labute approximate surface area is 114 Å². The summed E-state index contributed by atoms with van der Waals surface area (Å²) in [7, 11) is 0. The molecule has 0 saturated carbocycles. The van der Waals surface area contributed by atoms with E-state index in [0.717, 1.165) is 38.9 Å². The Balaban J connectivity index is 2.02. The van der Waals surface area contributed by atoms with Crippen LogP contribution in [0.25, 0.3) is 0 Å². The lowest BCUT2D eigenvalue weighted by molar-refractivity contribution is -0.151. The predicted molar refractivity (Wildman–Crippen MR) is 72.8 cm³/mol. The van der Waals surface area contributed by atoms with Gasteiger partial charge >= 0.3 is 5.97 Å². The largest absolute Gasteiger partial charge is 0.481 e. The number of aromatic nitrogens is 2. The molecule has 5 nitrogen and oxygen atoms in total. The van der Waals surface area contributed by atoms with E-state index in [2.05, 4.69) is 16.9 Å². The van der Waals surface area contributed by atoms with E-state index < -0.39 is 11.4 Å². The van der Waals surface area contributed by atoms with Crippen LogP contribution in [0.4, 0.5) is 0 Å². The molecule has 0 bridgehead atoms. The van der Waals surface area contributed by atoms with Crippen LogP contribution < -0.4 is 0 Å². The number of aliphatic carboxylic acids is 1. The molecule has 1 aliphatic rings. The number of carboxylic acid groups (broad SMARTS) is 1. The molecule has 1 saturated heterocycles. The Morgan fingerprint density at radius 3 is 3.05 bits per heavy atom. The van der Waals surface area contributed by atoms with E-state index in [4.69, 9.17) is 0 Å². The number of hydrogen-bond donors (Lipinski definition) is 1. The van der Waals surface area contributed by atoms with Gasteiger partial charge in [-0.25, -0.2) is 0 Å². The van der Waals surface area contributed by atoms with Crippen LogP contribution in [0, 0.1) is 5.41 Å². The lowest BCUT2D eigenvalue weighted by Crippen LogP contribution is -2.45. The minimum Gasteiger partial charge on any atom is -0.481 e. The number of hydrogen-bond acceptors (Lipinski definition) is 3. The first-order chi connectivity index (χ1) is 9.05. The molecule has 1 N–H and O–H groups in total. The maximum atomic E-state index is 11.3. The zero-order chi connectivity index (χ0) is 13.9. The normalized spacial score (nSPS) is 24.5. The molecular weight excluding hydrogens is 242 g/mol. The smallest absolute Gasteiger partial charge is 0.310 e. The highest BCUT2D eigenvalue weighted by molar-refractivity contribution is 5.74. The molecule has 2 heterocycles. The van der Waals surface area contributed by atoms with Crippen molar-refractivity contribution < 1.29 is 9.90 Å². The number of aryl methyl sites for hydroxylation is 1. The third kappa shape index (κ3) is 3.15. The van der Waals surface area contributed by atoms with Gasteiger partial charge in [0.25, 0.3) is 0 Å². The maximum Gasteiger partial charge on any atom is 0.310 e. The number of likely N-dealkylation sites (tertiary alicyclic amines) is 1. The van der Waals surface area contributed by atoms with E-state index in [1.807, 2.05) is 23.9 Å². The fourth-order valence-corrected chi connectivity index (χ4v) is 2.79. The number of carbonyl (C=O) groups is 1. The molecule has 19 heavy (non-hydrogen) atoms. The van der Waals surface area contributed by atoms with Crippen LogP contribution in [0.15, 0.2) is 12.3 Å². The average Bonchev–Trinajstić information content (AvgIpc) is 2.77. The number of carboxylic acids is 1. The van der Waals surface area contributed by atoms with Gasteiger partial charge < -0.3 is 5.11 Å². The van der Waals surface area contributed by atoms with Crippen molar-refractivity contribution in [1.29, 1.82) is 0 Å². The van der Waals surface area contributed by atoms with Crippen molar-refractivity contribution in [3.8, 4) is 0 Å². The van der Waals surface area contributed by atoms with Crippen LogP contribution >= 0.6 is 0 Å². The van der Waals surface area contributed by atoms with E-state index in [1.54, 1.807) is 0 Å². The summed E-state index contributed by atoms with van der Waals surface area (Å²) in [6, 6.07) is 2.03. The summed E-state index contributed by atoms with van der Waals surface area (Å²) in [4.78, 5) is 13.6. The Hall–Kier alpha value is -1.36. The summed E-state index contributed by atoms with van der Waals surface area (Å²) in [5, 5.41) is 13.7. The summed E-state index contributed by atoms with van der Waals surface area (Å²) in [6.07, 6.45) is 4.60. The highest BCUT2D eigenvalue weighted by atomic mass is 16.4. The lowest BCUT2D eigenvalue weighted by atomic mass is 9.82. The Morgan fingerprint density at radius 2 is 2.37 bits per heavy atom. The quantitative estimate of drug-likeness (QED) is 0.884. The van der Waals surface area contributed by atoms with Crippen molar-refractivity contribution in [2.45, 2.75) is 46.2 Å². The predicted octanol–water partition coefficient (Wildman–Crippen LogP) is 1.98. The monoisotopic (exact) mass is 265 g/mol. The van der Waals surface area contributed by atoms with Crippen LogP contribution in [0.1, 0.15) is 38.8 Å². The third-order valence-corrected chi connectivity index (χ3v) is 3.92. The van der Waals surface area contributed by atoms with Crippen molar-refractivity contribution in [2.75, 3.05) is 13.1 Å². The molecular formula is C14H23N3O2. The Kier molecular flexibility index (Phi) is 4.24. The summed E-state index contributed by atoms with van der Waals surface area (Å²) in [6.45, 7) is 7.30. The van der Waals surface area contributed by atoms with Gasteiger partial charge in [-0.15, -0.1) is 0 Å². The first-order valence-electron chi connectivity index (χ1n) is 7.01. The van der Waals surface area contributed by atoms with Gasteiger partial charge in [-0.1, -0.05) is 6.92 Å². The van der Waals surface area contributed by atoms with Crippen LogP contribution in [-0.2, 0) is 17.9 Å². The number of nitrogens with zero attached hydrogens (tertiary/aromatic N) is 3. The minimum atomic E-state index is -0.681. The molecule has 0 aromatic carbocycles. The molecule has 1 aromatic rings. The van der Waals surface area contributed by atoms with Crippen molar-refractivity contribution in [3.63, 3.8) is 0 Å². The molecule has 2 rings (SSSR count). The van der Waals surface area contributed by atoms with Gasteiger partial charge in [0, 0.05) is 25.8 Å². The molecule has 1 aliphatic heterocycles. The summed E-state index contributed by atoms with van der Waals surface area (Å²) in [5.41, 5.74) is 0.574. The highest BCUT2D eigenvalue weighted by Gasteiger charge is 2.37. The minimum absolute atomic E-state index is 0.603. The van der Waals surface area contributed by atoms with Gasteiger partial charge in [0.1, 0.15) is 0 Å². The topological polar surface area (TPSA) is 58.4 Å². The standard InChI is InChI=1S/C14H23N3O2/c1-3-8-17-12(5-7-15-17)10-16-9-4-6-14(2,11-16)13(18)19/h5,7H,3-4,6,8-11H2,1-2H3,(H,18,19). The third-order valence-electron chi connectivity index (χ3n) is 3.92. The maximum absolute atomic E-state index is 11.3. The fourth-order valence-electron chi connectivity index (χ4n) is 2.79. The van der Waals surface area contributed by atoms with E-state index in [-0.39, 0.29) is 0 Å². The van der Waals surface area contributed by atoms with Gasteiger partial charge in [-0.3, -0.25) is 14.4 Å². The van der Waals surface area contributed by atoms with Gasteiger partial charge in [0.05, 0.1) is 11.1 Å². The van der Waals surface area contributed by atoms with Gasteiger partial charge in [-0.05, 0) is 38.8 Å². The van der Waals surface area contributed by atoms with E-state index in [9.17, 15) is 9.90 Å². The van der Waals surface area contributed by atoms with Gasteiger partial charge in [0.15, 0.2) is 0 Å². The van der Waals surface area contributed by atoms with E-state index in [0.29, 0.717) is 6.54 Å². The molecule has 0 aliphatic carbocycles. The average molecular weight is 265 g/mol. The van der Waals surface area contributed by atoms with Gasteiger partial charge in [0.2, 0.25) is 0 Å². The summed E-state index contributed by atoms with van der Waals surface area (Å²) >= 11 is 0.